The number of hydrogen-bond acceptors (Lipinski definition) is 5. The van der Waals surface area contributed by atoms with E-state index in [1.54, 1.807) is 6.92 Å². The third-order valence-electron chi connectivity index (χ3n) is 3.37. The molecule has 0 fully saturated rings. The Kier molecular flexibility index (Phi) is 14.3. The van der Waals surface area contributed by atoms with E-state index in [-0.39, 0.29) is 17.6 Å². The average Bonchev–Trinajstić information content (AvgIpc) is 2.50. The molecule has 6 heteroatoms. The summed E-state index contributed by atoms with van der Waals surface area (Å²) in [5, 5.41) is 5.89. The van der Waals surface area contributed by atoms with Crippen molar-refractivity contribution in [3.63, 3.8) is 0 Å². The van der Waals surface area contributed by atoms with Gasteiger partial charge in [-0.15, -0.1) is 0 Å². The molecule has 0 aliphatic carbocycles. The number of nitrogens with one attached hydrogen (secondary N) is 2. The molecule has 0 aliphatic rings. The molecule has 0 rings (SSSR count). The molecule has 130 valence electrons. The Morgan fingerprint density at radius 2 is 1.59 bits per heavy atom. The first-order valence-electron chi connectivity index (χ1n) is 8.15. The summed E-state index contributed by atoms with van der Waals surface area (Å²) < 4.78 is 10.8. The van der Waals surface area contributed by atoms with Gasteiger partial charge in [0, 0.05) is 32.1 Å². The summed E-state index contributed by atoms with van der Waals surface area (Å²) >= 11 is 0. The normalized spacial score (nSPS) is 12.1. The lowest BCUT2D eigenvalue weighted by atomic mass is 10.0. The van der Waals surface area contributed by atoms with Crippen LogP contribution in [0.2, 0.25) is 0 Å². The fourth-order valence-corrected chi connectivity index (χ4v) is 1.71. The molecule has 0 heterocycles. The lowest BCUT2D eigenvalue weighted by Crippen LogP contribution is -2.26. The molecule has 0 saturated carbocycles. The van der Waals surface area contributed by atoms with Gasteiger partial charge in [0.25, 0.3) is 0 Å². The number of ketones is 1. The second kappa shape index (κ2) is 14.9. The SMILES string of the molecule is CNCCCOCCOCCCNC(=O)CCC(C)C(C)=O. The second-order valence-corrected chi connectivity index (χ2v) is 5.44. The molecule has 1 amide bonds. The summed E-state index contributed by atoms with van der Waals surface area (Å²) in [6.45, 7) is 7.54. The Balaban J connectivity index is 3.25. The van der Waals surface area contributed by atoms with Crippen LogP contribution in [0.5, 0.6) is 0 Å². The summed E-state index contributed by atoms with van der Waals surface area (Å²) in [4.78, 5) is 22.6. The quantitative estimate of drug-likeness (QED) is 0.443. The highest BCUT2D eigenvalue weighted by Crippen LogP contribution is 2.05. The van der Waals surface area contributed by atoms with Gasteiger partial charge in [0.1, 0.15) is 5.78 Å². The molecule has 1 unspecified atom stereocenters. The van der Waals surface area contributed by atoms with Crippen LogP contribution >= 0.6 is 0 Å². The van der Waals surface area contributed by atoms with E-state index in [1.165, 1.54) is 0 Å². The fourth-order valence-electron chi connectivity index (χ4n) is 1.71. The smallest absolute Gasteiger partial charge is 0.220 e. The third-order valence-corrected chi connectivity index (χ3v) is 3.37. The van der Waals surface area contributed by atoms with Crippen molar-refractivity contribution in [2.45, 2.75) is 39.5 Å². The van der Waals surface area contributed by atoms with Gasteiger partial charge in [-0.05, 0) is 39.8 Å². The van der Waals surface area contributed by atoms with Crippen LogP contribution in [0.25, 0.3) is 0 Å². The van der Waals surface area contributed by atoms with E-state index in [0.29, 0.717) is 39.2 Å². The zero-order valence-electron chi connectivity index (χ0n) is 14.3. The molecule has 0 aliphatic heterocycles. The van der Waals surface area contributed by atoms with E-state index in [0.717, 1.165) is 26.0 Å². The topological polar surface area (TPSA) is 76.7 Å². The van der Waals surface area contributed by atoms with E-state index in [2.05, 4.69) is 10.6 Å². The predicted molar refractivity (Wildman–Crippen MR) is 86.9 cm³/mol. The molecule has 0 radical (unpaired) electrons. The van der Waals surface area contributed by atoms with Gasteiger partial charge in [0.15, 0.2) is 0 Å². The van der Waals surface area contributed by atoms with Gasteiger partial charge in [-0.3, -0.25) is 9.59 Å². The number of carbonyl (C=O) groups excluding carboxylic acids is 2. The molecule has 0 spiro atoms. The van der Waals surface area contributed by atoms with Gasteiger partial charge in [-0.1, -0.05) is 6.92 Å². The summed E-state index contributed by atoms with van der Waals surface area (Å²) in [7, 11) is 1.92. The van der Waals surface area contributed by atoms with Crippen molar-refractivity contribution in [2.24, 2.45) is 5.92 Å². The largest absolute Gasteiger partial charge is 0.379 e. The number of ether oxygens (including phenoxy) is 2. The standard InChI is InChI=1S/C16H32N2O4/c1-14(15(2)19)6-7-16(20)18-9-5-11-22-13-12-21-10-4-8-17-3/h14,17H,4-13H2,1-3H3,(H,18,20). The van der Waals surface area contributed by atoms with Crippen LogP contribution in [0, 0.1) is 5.92 Å². The Hall–Kier alpha value is -0.980. The Labute approximate surface area is 134 Å². The van der Waals surface area contributed by atoms with Crippen LogP contribution in [0.4, 0.5) is 0 Å². The maximum absolute atomic E-state index is 11.5. The zero-order valence-corrected chi connectivity index (χ0v) is 14.3. The molecular weight excluding hydrogens is 284 g/mol. The number of amides is 1. The fraction of sp³-hybridized carbons (Fsp3) is 0.875. The molecular formula is C16H32N2O4. The van der Waals surface area contributed by atoms with Gasteiger partial charge in [-0.25, -0.2) is 0 Å². The van der Waals surface area contributed by atoms with Crippen LogP contribution < -0.4 is 10.6 Å². The molecule has 0 aromatic carbocycles. The van der Waals surface area contributed by atoms with Gasteiger partial charge in [-0.2, -0.15) is 0 Å². The minimum Gasteiger partial charge on any atom is -0.379 e. The van der Waals surface area contributed by atoms with E-state index in [4.69, 9.17) is 9.47 Å². The summed E-state index contributed by atoms with van der Waals surface area (Å²) in [6.07, 6.45) is 2.81. The zero-order chi connectivity index (χ0) is 16.6. The lowest BCUT2D eigenvalue weighted by Gasteiger charge is -2.09. The van der Waals surface area contributed by atoms with Crippen molar-refractivity contribution < 1.29 is 19.1 Å². The van der Waals surface area contributed by atoms with Crippen LogP contribution in [0.15, 0.2) is 0 Å². The molecule has 2 N–H and O–H groups in total. The summed E-state index contributed by atoms with van der Waals surface area (Å²) in [6, 6.07) is 0. The maximum Gasteiger partial charge on any atom is 0.220 e. The van der Waals surface area contributed by atoms with Crippen molar-refractivity contribution >= 4 is 11.7 Å². The Morgan fingerprint density at radius 3 is 2.14 bits per heavy atom. The van der Waals surface area contributed by atoms with Crippen molar-refractivity contribution in [3.05, 3.63) is 0 Å². The second-order valence-electron chi connectivity index (χ2n) is 5.44. The predicted octanol–water partition coefficient (Wildman–Crippen LogP) is 1.14. The molecule has 0 bridgehead atoms. The van der Waals surface area contributed by atoms with E-state index < -0.39 is 0 Å². The third kappa shape index (κ3) is 14.0. The van der Waals surface area contributed by atoms with Crippen molar-refractivity contribution in [1.29, 1.82) is 0 Å². The Bertz CT molecular complexity index is 298. The highest BCUT2D eigenvalue weighted by atomic mass is 16.5. The Morgan fingerprint density at radius 1 is 1.00 bits per heavy atom. The van der Waals surface area contributed by atoms with Gasteiger partial charge >= 0.3 is 0 Å². The first-order valence-corrected chi connectivity index (χ1v) is 8.15. The van der Waals surface area contributed by atoms with Gasteiger partial charge < -0.3 is 20.1 Å². The summed E-state index contributed by atoms with van der Waals surface area (Å²) in [5.41, 5.74) is 0. The summed E-state index contributed by atoms with van der Waals surface area (Å²) in [5.74, 6) is 0.0949. The average molecular weight is 316 g/mol. The molecule has 0 saturated heterocycles. The van der Waals surface area contributed by atoms with Crippen LogP contribution in [0.3, 0.4) is 0 Å². The highest BCUT2D eigenvalue weighted by Gasteiger charge is 2.09. The highest BCUT2D eigenvalue weighted by molar-refractivity contribution is 5.80. The number of Topliss-reactive ketones (excluding diaryl/α,β-unsaturated/α-hetero) is 1. The van der Waals surface area contributed by atoms with Crippen molar-refractivity contribution in [1.82, 2.24) is 10.6 Å². The molecule has 22 heavy (non-hydrogen) atoms. The number of carbonyl (C=O) groups is 2. The number of hydrogen-bond donors (Lipinski definition) is 2. The molecule has 1 atom stereocenters. The lowest BCUT2D eigenvalue weighted by molar-refractivity contribution is -0.122. The van der Waals surface area contributed by atoms with Crippen molar-refractivity contribution in [2.75, 3.05) is 46.6 Å². The first-order chi connectivity index (χ1) is 10.6. The van der Waals surface area contributed by atoms with E-state index in [1.807, 2.05) is 14.0 Å². The maximum atomic E-state index is 11.5. The van der Waals surface area contributed by atoms with Crippen molar-refractivity contribution in [3.8, 4) is 0 Å². The van der Waals surface area contributed by atoms with Crippen LogP contribution in [0.1, 0.15) is 39.5 Å². The minimum atomic E-state index is -0.0396. The monoisotopic (exact) mass is 316 g/mol. The van der Waals surface area contributed by atoms with Gasteiger partial charge in [0.05, 0.1) is 13.2 Å². The van der Waals surface area contributed by atoms with Crippen LogP contribution in [-0.4, -0.2) is 58.3 Å². The number of rotatable bonds is 15. The van der Waals surface area contributed by atoms with E-state index >= 15 is 0 Å². The molecule has 0 aromatic heterocycles. The van der Waals surface area contributed by atoms with Gasteiger partial charge in [0.2, 0.25) is 5.91 Å². The van der Waals surface area contributed by atoms with E-state index in [9.17, 15) is 9.59 Å². The molecule has 6 nitrogen and oxygen atoms in total. The minimum absolute atomic E-state index is 0.000895. The first kappa shape index (κ1) is 21.0. The van der Waals surface area contributed by atoms with Crippen LogP contribution in [-0.2, 0) is 19.1 Å². The molecule has 0 aromatic rings.